The molecule has 0 aromatic heterocycles. The van der Waals surface area contributed by atoms with E-state index in [-0.39, 0.29) is 0 Å². The van der Waals surface area contributed by atoms with Crippen LogP contribution in [0.5, 0.6) is 0 Å². The Morgan fingerprint density at radius 2 is 1.93 bits per heavy atom. The lowest BCUT2D eigenvalue weighted by atomic mass is 9.93. The van der Waals surface area contributed by atoms with Crippen LogP contribution in [0.2, 0.25) is 0 Å². The molecule has 0 amide bonds. The van der Waals surface area contributed by atoms with Crippen LogP contribution in [-0.2, 0) is 4.79 Å². The van der Waals surface area contributed by atoms with Crippen molar-refractivity contribution in [2.75, 3.05) is 0 Å². The molecule has 1 unspecified atom stereocenters. The zero-order chi connectivity index (χ0) is 10.8. The molecular formula is C13H24O. The van der Waals surface area contributed by atoms with E-state index < -0.39 is 0 Å². The molecule has 0 aliphatic rings. The number of carbonyl (C=O) groups is 1. The van der Waals surface area contributed by atoms with Crippen LogP contribution < -0.4 is 0 Å². The zero-order valence-electron chi connectivity index (χ0n) is 9.88. The Labute approximate surface area is 88.6 Å². The summed E-state index contributed by atoms with van der Waals surface area (Å²) < 4.78 is 0. The molecule has 0 saturated heterocycles. The van der Waals surface area contributed by atoms with Gasteiger partial charge in [0, 0.05) is 12.3 Å². The molecule has 0 aromatic rings. The molecule has 0 aliphatic heterocycles. The maximum Gasteiger partial charge on any atom is 0.135 e. The molecule has 1 nitrogen and oxygen atoms in total. The first-order chi connectivity index (χ1) is 6.76. The molecule has 0 fully saturated rings. The third kappa shape index (κ3) is 5.95. The van der Waals surface area contributed by atoms with Gasteiger partial charge in [0.1, 0.15) is 5.78 Å². The molecule has 0 N–H and O–H groups in total. The van der Waals surface area contributed by atoms with E-state index in [1.165, 1.54) is 0 Å². The van der Waals surface area contributed by atoms with Crippen LogP contribution in [0.3, 0.4) is 0 Å². The molecule has 0 spiro atoms. The van der Waals surface area contributed by atoms with Crippen molar-refractivity contribution in [1.82, 2.24) is 0 Å². The number of hydrogen-bond donors (Lipinski definition) is 0. The van der Waals surface area contributed by atoms with Crippen LogP contribution in [0.1, 0.15) is 59.3 Å². The first-order valence-corrected chi connectivity index (χ1v) is 5.93. The van der Waals surface area contributed by atoms with Gasteiger partial charge in [-0.1, -0.05) is 32.9 Å². The smallest absolute Gasteiger partial charge is 0.135 e. The quantitative estimate of drug-likeness (QED) is 0.533. The van der Waals surface area contributed by atoms with E-state index in [4.69, 9.17) is 0 Å². The van der Waals surface area contributed by atoms with Gasteiger partial charge in [0.05, 0.1) is 0 Å². The van der Waals surface area contributed by atoms with Gasteiger partial charge in [0.2, 0.25) is 0 Å². The average Bonchev–Trinajstić information content (AvgIpc) is 2.18. The largest absolute Gasteiger partial charge is 0.299 e. The van der Waals surface area contributed by atoms with Crippen LogP contribution in [0.4, 0.5) is 0 Å². The van der Waals surface area contributed by atoms with Gasteiger partial charge in [-0.15, -0.1) is 0 Å². The third-order valence-corrected chi connectivity index (χ3v) is 2.53. The molecule has 0 heterocycles. The lowest BCUT2D eigenvalue weighted by molar-refractivity contribution is -0.123. The minimum Gasteiger partial charge on any atom is -0.299 e. The highest BCUT2D eigenvalue weighted by molar-refractivity contribution is 5.80. The predicted molar refractivity (Wildman–Crippen MR) is 62.4 cm³/mol. The average molecular weight is 196 g/mol. The highest BCUT2D eigenvalue weighted by Gasteiger charge is 2.13. The number of hydrogen-bond acceptors (Lipinski definition) is 1. The molecular weight excluding hydrogens is 172 g/mol. The van der Waals surface area contributed by atoms with Gasteiger partial charge in [0.15, 0.2) is 0 Å². The van der Waals surface area contributed by atoms with Gasteiger partial charge in [-0.2, -0.15) is 0 Å². The van der Waals surface area contributed by atoms with E-state index in [2.05, 4.69) is 32.9 Å². The van der Waals surface area contributed by atoms with Crippen molar-refractivity contribution >= 4 is 5.78 Å². The summed E-state index contributed by atoms with van der Waals surface area (Å²) in [5.41, 5.74) is 0. The van der Waals surface area contributed by atoms with Gasteiger partial charge in [0.25, 0.3) is 0 Å². The van der Waals surface area contributed by atoms with Gasteiger partial charge in [-0.3, -0.25) is 4.79 Å². The van der Waals surface area contributed by atoms with Crippen molar-refractivity contribution in [2.45, 2.75) is 59.3 Å². The molecule has 14 heavy (non-hydrogen) atoms. The zero-order valence-corrected chi connectivity index (χ0v) is 9.88. The molecule has 82 valence electrons. The van der Waals surface area contributed by atoms with E-state index in [9.17, 15) is 4.79 Å². The third-order valence-electron chi connectivity index (χ3n) is 2.53. The minimum atomic E-state index is 0.302. The maximum absolute atomic E-state index is 11.6. The van der Waals surface area contributed by atoms with Crippen LogP contribution in [0, 0.1) is 5.92 Å². The second kappa shape index (κ2) is 8.98. The van der Waals surface area contributed by atoms with Crippen molar-refractivity contribution in [2.24, 2.45) is 5.92 Å². The van der Waals surface area contributed by atoms with Crippen molar-refractivity contribution in [3.63, 3.8) is 0 Å². The highest BCUT2D eigenvalue weighted by atomic mass is 16.1. The van der Waals surface area contributed by atoms with E-state index in [1.54, 1.807) is 0 Å². The lowest BCUT2D eigenvalue weighted by Crippen LogP contribution is -2.12. The Morgan fingerprint density at radius 3 is 2.43 bits per heavy atom. The van der Waals surface area contributed by atoms with Crippen LogP contribution >= 0.6 is 0 Å². The second-order valence-corrected chi connectivity index (χ2v) is 3.78. The Kier molecular flexibility index (Phi) is 8.61. The van der Waals surface area contributed by atoms with Crippen molar-refractivity contribution in [3.05, 3.63) is 12.2 Å². The molecule has 0 rings (SSSR count). The summed E-state index contributed by atoms with van der Waals surface area (Å²) >= 11 is 0. The Hall–Kier alpha value is -0.590. The highest BCUT2D eigenvalue weighted by Crippen LogP contribution is 2.15. The summed E-state index contributed by atoms with van der Waals surface area (Å²) in [4.78, 5) is 11.6. The molecule has 0 saturated carbocycles. The number of ketones is 1. The Balaban J connectivity index is 3.78. The summed E-state index contributed by atoms with van der Waals surface area (Å²) in [6, 6.07) is 0. The Morgan fingerprint density at radius 1 is 1.21 bits per heavy atom. The number of rotatable bonds is 8. The van der Waals surface area contributed by atoms with Gasteiger partial charge in [-0.25, -0.2) is 0 Å². The molecule has 1 atom stereocenters. The summed E-state index contributed by atoms with van der Waals surface area (Å²) in [5.74, 6) is 0.761. The summed E-state index contributed by atoms with van der Waals surface area (Å²) in [6.07, 6.45) is 10.3. The standard InChI is InChI=1S/C13H24O/c1-4-7-8-9-11-12(6-3)13(14)10-5-2/h7-8,12H,4-6,9-11H2,1-3H3. The summed E-state index contributed by atoms with van der Waals surface area (Å²) in [7, 11) is 0. The second-order valence-electron chi connectivity index (χ2n) is 3.78. The topological polar surface area (TPSA) is 17.1 Å². The number of Topliss-reactive ketones (excluding diaryl/α,β-unsaturated/α-hetero) is 1. The summed E-state index contributed by atoms with van der Waals surface area (Å²) in [5, 5.41) is 0. The minimum absolute atomic E-state index is 0.302. The first kappa shape index (κ1) is 13.4. The summed E-state index contributed by atoms with van der Waals surface area (Å²) in [6.45, 7) is 6.32. The van der Waals surface area contributed by atoms with Crippen LogP contribution in [0.15, 0.2) is 12.2 Å². The van der Waals surface area contributed by atoms with E-state index in [0.29, 0.717) is 11.7 Å². The molecule has 0 bridgehead atoms. The normalized spacial score (nSPS) is 13.4. The van der Waals surface area contributed by atoms with E-state index in [1.807, 2.05) is 0 Å². The molecule has 1 heteroatoms. The lowest BCUT2D eigenvalue weighted by Gasteiger charge is -2.11. The van der Waals surface area contributed by atoms with Crippen molar-refractivity contribution in [3.8, 4) is 0 Å². The van der Waals surface area contributed by atoms with Crippen LogP contribution in [-0.4, -0.2) is 5.78 Å². The number of allylic oxidation sites excluding steroid dienone is 2. The van der Waals surface area contributed by atoms with Gasteiger partial charge < -0.3 is 0 Å². The van der Waals surface area contributed by atoms with Crippen LogP contribution in [0.25, 0.3) is 0 Å². The Bertz CT molecular complexity index is 170. The SMILES string of the molecule is CCC=CCCC(CC)C(=O)CCC. The molecule has 0 aliphatic carbocycles. The van der Waals surface area contributed by atoms with Gasteiger partial charge in [-0.05, 0) is 32.1 Å². The van der Waals surface area contributed by atoms with E-state index in [0.717, 1.165) is 38.5 Å². The van der Waals surface area contributed by atoms with Crippen molar-refractivity contribution < 1.29 is 4.79 Å². The molecule has 0 aromatic carbocycles. The van der Waals surface area contributed by atoms with Crippen molar-refractivity contribution in [1.29, 1.82) is 0 Å². The molecule has 0 radical (unpaired) electrons. The monoisotopic (exact) mass is 196 g/mol. The predicted octanol–water partition coefficient (Wildman–Crippen LogP) is 4.13. The fourth-order valence-corrected chi connectivity index (χ4v) is 1.63. The maximum atomic E-state index is 11.6. The fraction of sp³-hybridized carbons (Fsp3) is 0.769. The van der Waals surface area contributed by atoms with Gasteiger partial charge >= 0.3 is 0 Å². The number of carbonyl (C=O) groups excluding carboxylic acids is 1. The van der Waals surface area contributed by atoms with E-state index >= 15 is 0 Å². The first-order valence-electron chi connectivity index (χ1n) is 5.93. The fourth-order valence-electron chi connectivity index (χ4n) is 1.63.